The van der Waals surface area contributed by atoms with E-state index in [2.05, 4.69) is 5.32 Å². The number of hydrogen-bond donors (Lipinski definition) is 1. The second kappa shape index (κ2) is 8.54. The molecule has 0 fully saturated rings. The molecule has 0 radical (unpaired) electrons. The smallest absolute Gasteiger partial charge is 0.416 e. The Labute approximate surface area is 162 Å². The van der Waals surface area contributed by atoms with Crippen molar-refractivity contribution in [1.29, 1.82) is 0 Å². The Kier molecular flexibility index (Phi) is 6.59. The summed E-state index contributed by atoms with van der Waals surface area (Å²) in [6.45, 7) is 3.79. The van der Waals surface area contributed by atoms with Crippen molar-refractivity contribution in [1.82, 2.24) is 5.32 Å². The summed E-state index contributed by atoms with van der Waals surface area (Å²) in [4.78, 5) is 12.3. The van der Waals surface area contributed by atoms with Crippen LogP contribution in [-0.2, 0) is 22.8 Å². The molecule has 0 heterocycles. The Morgan fingerprint density at radius 2 is 1.61 bits per heavy atom. The maximum atomic E-state index is 12.9. The molecule has 0 atom stereocenters. The number of carbonyl (C=O) groups is 1. The third-order valence-electron chi connectivity index (χ3n) is 4.51. The van der Waals surface area contributed by atoms with Crippen LogP contribution in [0.5, 0.6) is 11.5 Å². The number of ether oxygens (including phenoxy) is 2. The van der Waals surface area contributed by atoms with Gasteiger partial charge in [0.15, 0.2) is 11.5 Å². The summed E-state index contributed by atoms with van der Waals surface area (Å²) in [7, 11) is 3.04. The van der Waals surface area contributed by atoms with Gasteiger partial charge in [0.05, 0.1) is 26.2 Å². The zero-order valence-electron chi connectivity index (χ0n) is 16.3. The maximum Gasteiger partial charge on any atom is 0.416 e. The first-order chi connectivity index (χ1) is 13.1. The molecule has 2 aromatic carbocycles. The number of carbonyl (C=O) groups excluding carboxylic acids is 1. The van der Waals surface area contributed by atoms with Crippen LogP contribution in [0.25, 0.3) is 0 Å². The highest BCUT2D eigenvalue weighted by Gasteiger charge is 2.32. The predicted molar refractivity (Wildman–Crippen MR) is 101 cm³/mol. The molecular weight excluding hydrogens is 371 g/mol. The van der Waals surface area contributed by atoms with Gasteiger partial charge in [-0.05, 0) is 29.3 Å². The van der Waals surface area contributed by atoms with Gasteiger partial charge in [-0.25, -0.2) is 0 Å². The number of nitrogens with one attached hydrogen (secondary N) is 1. The van der Waals surface area contributed by atoms with E-state index in [1.165, 1.54) is 20.3 Å². The summed E-state index contributed by atoms with van der Waals surface area (Å²) >= 11 is 0. The number of amides is 1. The van der Waals surface area contributed by atoms with Gasteiger partial charge in [0, 0.05) is 12.0 Å². The van der Waals surface area contributed by atoms with E-state index in [1.54, 1.807) is 38.1 Å². The molecule has 2 rings (SSSR count). The van der Waals surface area contributed by atoms with Crippen molar-refractivity contribution >= 4 is 5.91 Å². The van der Waals surface area contributed by atoms with E-state index in [0.29, 0.717) is 17.1 Å². The fraction of sp³-hybridized carbons (Fsp3) is 0.381. The fourth-order valence-electron chi connectivity index (χ4n) is 2.78. The summed E-state index contributed by atoms with van der Waals surface area (Å²) in [5.41, 5.74) is -0.107. The quantitative estimate of drug-likeness (QED) is 0.758. The average Bonchev–Trinajstić information content (AvgIpc) is 2.66. The maximum absolute atomic E-state index is 12.9. The Morgan fingerprint density at radius 1 is 0.964 bits per heavy atom. The third-order valence-corrected chi connectivity index (χ3v) is 4.51. The van der Waals surface area contributed by atoms with Gasteiger partial charge in [0.2, 0.25) is 5.91 Å². The van der Waals surface area contributed by atoms with Crippen molar-refractivity contribution in [2.75, 3.05) is 20.8 Å². The molecule has 152 valence electrons. The molecular formula is C21H24F3NO3. The largest absolute Gasteiger partial charge is 0.493 e. The first-order valence-electron chi connectivity index (χ1n) is 8.72. The Hall–Kier alpha value is -2.70. The summed E-state index contributed by atoms with van der Waals surface area (Å²) in [5.74, 6) is 0.863. The highest BCUT2D eigenvalue weighted by atomic mass is 19.4. The van der Waals surface area contributed by atoms with Crippen molar-refractivity contribution in [3.8, 4) is 11.5 Å². The van der Waals surface area contributed by atoms with E-state index >= 15 is 0 Å². The lowest BCUT2D eigenvalue weighted by molar-refractivity contribution is -0.137. The van der Waals surface area contributed by atoms with Crippen molar-refractivity contribution in [2.45, 2.75) is 31.9 Å². The van der Waals surface area contributed by atoms with E-state index in [1.807, 2.05) is 0 Å². The molecule has 0 saturated heterocycles. The lowest BCUT2D eigenvalue weighted by Gasteiger charge is -2.26. The molecule has 2 aromatic rings. The minimum atomic E-state index is -4.40. The van der Waals surface area contributed by atoms with Gasteiger partial charge in [0.1, 0.15) is 0 Å². The second-order valence-electron chi connectivity index (χ2n) is 7.11. The van der Waals surface area contributed by atoms with Crippen molar-refractivity contribution in [2.24, 2.45) is 0 Å². The summed E-state index contributed by atoms with van der Waals surface area (Å²) in [6.07, 6.45) is -4.28. The minimum absolute atomic E-state index is 0.124. The summed E-state index contributed by atoms with van der Waals surface area (Å²) in [5, 5.41) is 2.80. The minimum Gasteiger partial charge on any atom is -0.493 e. The first kappa shape index (κ1) is 21.6. The van der Waals surface area contributed by atoms with Gasteiger partial charge < -0.3 is 14.8 Å². The monoisotopic (exact) mass is 395 g/mol. The molecule has 0 saturated carbocycles. The Bertz CT molecular complexity index is 832. The van der Waals surface area contributed by atoms with Crippen molar-refractivity contribution < 1.29 is 27.4 Å². The van der Waals surface area contributed by atoms with E-state index in [4.69, 9.17) is 9.47 Å². The fourth-order valence-corrected chi connectivity index (χ4v) is 2.78. The SMILES string of the molecule is COc1ccc(CC(=O)NCC(C)(C)c2cccc(C(F)(F)F)c2)cc1OC. The highest BCUT2D eigenvalue weighted by molar-refractivity contribution is 5.79. The molecule has 28 heavy (non-hydrogen) atoms. The number of halogens is 3. The zero-order chi connectivity index (χ0) is 20.9. The molecule has 7 heteroatoms. The Balaban J connectivity index is 2.03. The lowest BCUT2D eigenvalue weighted by atomic mass is 9.83. The summed E-state index contributed by atoms with van der Waals surface area (Å²) < 4.78 is 49.2. The lowest BCUT2D eigenvalue weighted by Crippen LogP contribution is -2.37. The third kappa shape index (κ3) is 5.41. The second-order valence-corrected chi connectivity index (χ2v) is 7.11. The number of methoxy groups -OCH3 is 2. The molecule has 0 aliphatic rings. The van der Waals surface area contributed by atoms with Gasteiger partial charge in [-0.1, -0.05) is 38.1 Å². The van der Waals surface area contributed by atoms with E-state index in [0.717, 1.165) is 17.7 Å². The number of alkyl halides is 3. The van der Waals surface area contributed by atoms with Crippen LogP contribution in [-0.4, -0.2) is 26.7 Å². The molecule has 0 aliphatic heterocycles. The topological polar surface area (TPSA) is 47.6 Å². The van der Waals surface area contributed by atoms with Crippen LogP contribution in [0.1, 0.15) is 30.5 Å². The van der Waals surface area contributed by atoms with Crippen LogP contribution in [0.2, 0.25) is 0 Å². The van der Waals surface area contributed by atoms with Crippen LogP contribution in [0, 0.1) is 0 Å². The van der Waals surface area contributed by atoms with Crippen LogP contribution < -0.4 is 14.8 Å². The summed E-state index contributed by atoms with van der Waals surface area (Å²) in [6, 6.07) is 10.4. The molecule has 0 spiro atoms. The predicted octanol–water partition coefficient (Wildman–Crippen LogP) is 4.36. The van der Waals surface area contributed by atoms with Crippen LogP contribution in [0.3, 0.4) is 0 Å². The van der Waals surface area contributed by atoms with E-state index in [-0.39, 0.29) is 18.9 Å². The Morgan fingerprint density at radius 3 is 2.21 bits per heavy atom. The van der Waals surface area contributed by atoms with Gasteiger partial charge in [-0.15, -0.1) is 0 Å². The average molecular weight is 395 g/mol. The van der Waals surface area contributed by atoms with Gasteiger partial charge in [-0.2, -0.15) is 13.2 Å². The molecule has 0 bridgehead atoms. The van der Waals surface area contributed by atoms with Crippen molar-refractivity contribution in [3.63, 3.8) is 0 Å². The van der Waals surface area contributed by atoms with E-state index < -0.39 is 17.2 Å². The number of benzene rings is 2. The zero-order valence-corrected chi connectivity index (χ0v) is 16.3. The van der Waals surface area contributed by atoms with Gasteiger partial charge in [0.25, 0.3) is 0 Å². The van der Waals surface area contributed by atoms with Gasteiger partial charge in [-0.3, -0.25) is 4.79 Å². The molecule has 0 aliphatic carbocycles. The highest BCUT2D eigenvalue weighted by Crippen LogP contribution is 2.32. The van der Waals surface area contributed by atoms with E-state index in [9.17, 15) is 18.0 Å². The number of hydrogen-bond acceptors (Lipinski definition) is 3. The van der Waals surface area contributed by atoms with Gasteiger partial charge >= 0.3 is 6.18 Å². The van der Waals surface area contributed by atoms with Crippen LogP contribution >= 0.6 is 0 Å². The molecule has 0 aromatic heterocycles. The molecule has 1 amide bonds. The molecule has 0 unspecified atom stereocenters. The van der Waals surface area contributed by atoms with Crippen LogP contribution in [0.15, 0.2) is 42.5 Å². The standard InChI is InChI=1S/C21H24F3NO3/c1-20(2,15-6-5-7-16(12-15)21(22,23)24)13-25-19(26)11-14-8-9-17(27-3)18(10-14)28-4/h5-10,12H,11,13H2,1-4H3,(H,25,26). The van der Waals surface area contributed by atoms with Crippen LogP contribution in [0.4, 0.5) is 13.2 Å². The molecule has 1 N–H and O–H groups in total. The van der Waals surface area contributed by atoms with Crippen molar-refractivity contribution in [3.05, 3.63) is 59.2 Å². The first-order valence-corrected chi connectivity index (χ1v) is 8.72. The molecule has 4 nitrogen and oxygen atoms in total. The normalized spacial score (nSPS) is 11.8. The number of rotatable bonds is 7.